The van der Waals surface area contributed by atoms with Gasteiger partial charge in [0.25, 0.3) is 0 Å². The summed E-state index contributed by atoms with van der Waals surface area (Å²) < 4.78 is 1.87. The average Bonchev–Trinajstić information content (AvgIpc) is 3.17. The van der Waals surface area contributed by atoms with Crippen molar-refractivity contribution in [1.29, 1.82) is 0 Å². The van der Waals surface area contributed by atoms with Crippen molar-refractivity contribution in [3.8, 4) is 0 Å². The molecule has 0 saturated heterocycles. The van der Waals surface area contributed by atoms with E-state index >= 15 is 0 Å². The Kier molecular flexibility index (Phi) is 6.12. The Labute approximate surface area is 178 Å². The van der Waals surface area contributed by atoms with Crippen molar-refractivity contribution in [1.82, 2.24) is 19.9 Å². The molecule has 0 aliphatic heterocycles. The Hall–Kier alpha value is -2.83. The number of thioether (sulfide) groups is 1. The molecular weight excluding hydrogens is 404 g/mol. The number of pyridine rings is 1. The summed E-state index contributed by atoms with van der Waals surface area (Å²) in [4.78, 5) is 12.5. The van der Waals surface area contributed by atoms with Crippen LogP contribution in [-0.2, 0) is 11.3 Å². The molecule has 2 heterocycles. The first-order chi connectivity index (χ1) is 14.2. The molecule has 0 aliphatic carbocycles. The molecule has 2 aromatic heterocycles. The van der Waals surface area contributed by atoms with Crippen molar-refractivity contribution in [3.05, 3.63) is 101 Å². The van der Waals surface area contributed by atoms with Crippen LogP contribution in [0.25, 0.3) is 5.65 Å². The minimum atomic E-state index is -0.0439. The zero-order chi connectivity index (χ0) is 20.1. The molecule has 1 N–H and O–H groups in total. The van der Waals surface area contributed by atoms with E-state index in [1.54, 1.807) is 11.8 Å². The molecular formula is C22H19ClN4OS. The lowest BCUT2D eigenvalue weighted by molar-refractivity contribution is -0.118. The molecule has 2 aromatic carbocycles. The first-order valence-corrected chi connectivity index (χ1v) is 10.6. The van der Waals surface area contributed by atoms with Crippen LogP contribution in [0.5, 0.6) is 0 Å². The van der Waals surface area contributed by atoms with Crippen LogP contribution in [0.2, 0.25) is 5.02 Å². The summed E-state index contributed by atoms with van der Waals surface area (Å²) in [5.41, 5.74) is 3.02. The van der Waals surface area contributed by atoms with E-state index < -0.39 is 0 Å². The van der Waals surface area contributed by atoms with E-state index in [4.69, 9.17) is 11.6 Å². The molecule has 29 heavy (non-hydrogen) atoms. The number of benzene rings is 2. The maximum absolute atomic E-state index is 12.5. The van der Waals surface area contributed by atoms with E-state index in [0.717, 1.165) is 16.8 Å². The van der Waals surface area contributed by atoms with Gasteiger partial charge in [0.15, 0.2) is 11.5 Å². The number of fused-ring (bicyclic) bond motifs is 1. The van der Waals surface area contributed by atoms with E-state index in [9.17, 15) is 4.79 Å². The van der Waals surface area contributed by atoms with Crippen molar-refractivity contribution in [2.45, 2.75) is 11.8 Å². The number of rotatable bonds is 7. The van der Waals surface area contributed by atoms with E-state index in [0.29, 0.717) is 23.1 Å². The normalized spacial score (nSPS) is 12.0. The summed E-state index contributed by atoms with van der Waals surface area (Å²) in [6.07, 6.45) is 1.89. The predicted octanol–water partition coefficient (Wildman–Crippen LogP) is 4.52. The number of nitrogens with zero attached hydrogens (tertiary/aromatic N) is 3. The van der Waals surface area contributed by atoms with E-state index in [1.807, 2.05) is 71.3 Å². The fourth-order valence-electron chi connectivity index (χ4n) is 3.05. The second kappa shape index (κ2) is 9.11. The van der Waals surface area contributed by atoms with Gasteiger partial charge in [-0.3, -0.25) is 9.20 Å². The van der Waals surface area contributed by atoms with Crippen molar-refractivity contribution < 1.29 is 4.79 Å². The topological polar surface area (TPSA) is 59.3 Å². The van der Waals surface area contributed by atoms with Crippen LogP contribution in [0, 0.1) is 0 Å². The average molecular weight is 423 g/mol. The predicted molar refractivity (Wildman–Crippen MR) is 117 cm³/mol. The summed E-state index contributed by atoms with van der Waals surface area (Å²) in [6.45, 7) is 0.335. The Morgan fingerprint density at radius 1 is 0.966 bits per heavy atom. The SMILES string of the molecule is O=C(CS[C@@H](c1ccccc1)c1ccc(Cl)cc1)NCc1nnc2ccccn12. The van der Waals surface area contributed by atoms with Crippen LogP contribution in [0.3, 0.4) is 0 Å². The fraction of sp³-hybridized carbons (Fsp3) is 0.136. The quantitative estimate of drug-likeness (QED) is 0.475. The van der Waals surface area contributed by atoms with Crippen LogP contribution in [0.15, 0.2) is 79.0 Å². The Morgan fingerprint density at radius 2 is 1.69 bits per heavy atom. The summed E-state index contributed by atoms with van der Waals surface area (Å²) in [5, 5.41) is 11.9. The molecule has 0 radical (unpaired) electrons. The Morgan fingerprint density at radius 3 is 2.48 bits per heavy atom. The highest BCUT2D eigenvalue weighted by molar-refractivity contribution is 8.00. The number of nitrogens with one attached hydrogen (secondary N) is 1. The number of amides is 1. The standard InChI is InChI=1S/C22H19ClN4OS/c23-18-11-9-17(10-12-18)22(16-6-2-1-3-7-16)29-15-21(28)24-14-20-26-25-19-8-4-5-13-27(19)20/h1-13,22H,14-15H2,(H,24,28)/t22-/m0/s1. The Bertz CT molecular complexity index is 1100. The number of halogens is 1. The second-order valence-corrected chi connectivity index (χ2v) is 8.00. The molecule has 0 fully saturated rings. The third kappa shape index (κ3) is 4.78. The van der Waals surface area contributed by atoms with E-state index in [-0.39, 0.29) is 11.2 Å². The maximum atomic E-state index is 12.5. The minimum absolute atomic E-state index is 0.0439. The van der Waals surface area contributed by atoms with Crippen molar-refractivity contribution in [2.24, 2.45) is 0 Å². The van der Waals surface area contributed by atoms with Crippen molar-refractivity contribution >= 4 is 34.9 Å². The fourth-order valence-corrected chi connectivity index (χ4v) is 4.29. The second-order valence-electron chi connectivity index (χ2n) is 6.48. The summed E-state index contributed by atoms with van der Waals surface area (Å²) in [5.74, 6) is 0.993. The first-order valence-electron chi connectivity index (χ1n) is 9.18. The lowest BCUT2D eigenvalue weighted by Gasteiger charge is -2.17. The molecule has 0 unspecified atom stereocenters. The van der Waals surface area contributed by atoms with Gasteiger partial charge < -0.3 is 5.32 Å². The maximum Gasteiger partial charge on any atom is 0.230 e. The van der Waals surface area contributed by atoms with Crippen molar-refractivity contribution in [3.63, 3.8) is 0 Å². The molecule has 0 bridgehead atoms. The summed E-state index contributed by atoms with van der Waals surface area (Å²) in [6, 6.07) is 23.6. The molecule has 7 heteroatoms. The number of aromatic nitrogens is 3. The number of hydrogen-bond donors (Lipinski definition) is 1. The third-order valence-electron chi connectivity index (χ3n) is 4.48. The largest absolute Gasteiger partial charge is 0.348 e. The lowest BCUT2D eigenvalue weighted by atomic mass is 10.0. The zero-order valence-electron chi connectivity index (χ0n) is 15.5. The zero-order valence-corrected chi connectivity index (χ0v) is 17.1. The highest BCUT2D eigenvalue weighted by atomic mass is 35.5. The molecule has 4 rings (SSSR count). The summed E-state index contributed by atoms with van der Waals surface area (Å²) >= 11 is 7.62. The van der Waals surface area contributed by atoms with E-state index in [1.165, 1.54) is 0 Å². The molecule has 1 amide bonds. The van der Waals surface area contributed by atoms with Gasteiger partial charge in [-0.2, -0.15) is 0 Å². The lowest BCUT2D eigenvalue weighted by Crippen LogP contribution is -2.26. The molecule has 0 spiro atoms. The van der Waals surface area contributed by atoms with Crippen LogP contribution in [0.4, 0.5) is 0 Å². The molecule has 5 nitrogen and oxygen atoms in total. The van der Waals surface area contributed by atoms with Gasteiger partial charge in [0.05, 0.1) is 17.5 Å². The van der Waals surface area contributed by atoms with Gasteiger partial charge in [-0.1, -0.05) is 60.1 Å². The van der Waals surface area contributed by atoms with Gasteiger partial charge >= 0.3 is 0 Å². The van der Waals surface area contributed by atoms with Gasteiger partial charge in [0, 0.05) is 11.2 Å². The highest BCUT2D eigenvalue weighted by Gasteiger charge is 2.17. The Balaban J connectivity index is 1.41. The van der Waals surface area contributed by atoms with Gasteiger partial charge in [0.1, 0.15) is 0 Å². The monoisotopic (exact) mass is 422 g/mol. The van der Waals surface area contributed by atoms with Crippen molar-refractivity contribution in [2.75, 3.05) is 5.75 Å². The number of hydrogen-bond acceptors (Lipinski definition) is 4. The van der Waals surface area contributed by atoms with E-state index in [2.05, 4.69) is 27.6 Å². The molecule has 146 valence electrons. The highest BCUT2D eigenvalue weighted by Crippen LogP contribution is 2.35. The number of carbonyl (C=O) groups is 1. The summed E-state index contributed by atoms with van der Waals surface area (Å²) in [7, 11) is 0. The first kappa shape index (κ1) is 19.5. The molecule has 4 aromatic rings. The molecule has 1 atom stereocenters. The number of carbonyl (C=O) groups excluding carboxylic acids is 1. The van der Waals surface area contributed by atoms with Gasteiger partial charge in [-0.05, 0) is 35.4 Å². The third-order valence-corrected chi connectivity index (χ3v) is 6.04. The van der Waals surface area contributed by atoms with Gasteiger partial charge in [0.2, 0.25) is 5.91 Å². The van der Waals surface area contributed by atoms with Gasteiger partial charge in [-0.15, -0.1) is 22.0 Å². The van der Waals surface area contributed by atoms with Crippen LogP contribution in [-0.4, -0.2) is 26.3 Å². The molecule has 0 aliphatic rings. The molecule has 0 saturated carbocycles. The van der Waals surface area contributed by atoms with Gasteiger partial charge in [-0.25, -0.2) is 0 Å². The van der Waals surface area contributed by atoms with Crippen LogP contribution in [0.1, 0.15) is 22.2 Å². The van der Waals surface area contributed by atoms with Crippen LogP contribution < -0.4 is 5.32 Å². The smallest absolute Gasteiger partial charge is 0.230 e. The minimum Gasteiger partial charge on any atom is -0.348 e. The van der Waals surface area contributed by atoms with Crippen LogP contribution >= 0.6 is 23.4 Å².